The average Bonchev–Trinajstić information content (AvgIpc) is 3.22. The Bertz CT molecular complexity index is 1320. The molecule has 4 aromatic rings. The van der Waals surface area contributed by atoms with Gasteiger partial charge in [-0.15, -0.1) is 0 Å². The quantitative estimate of drug-likeness (QED) is 0.457. The summed E-state index contributed by atoms with van der Waals surface area (Å²) in [5.41, 5.74) is 4.82. The molecular formula is C25H22N4O2. The maximum atomic E-state index is 13.4. The minimum Gasteiger partial charge on any atom is -0.268 e. The highest BCUT2D eigenvalue weighted by Crippen LogP contribution is 2.34. The number of amides is 2. The van der Waals surface area contributed by atoms with E-state index in [4.69, 9.17) is 0 Å². The molecule has 0 saturated carbocycles. The molecule has 0 atom stereocenters. The van der Waals surface area contributed by atoms with Crippen molar-refractivity contribution in [1.82, 2.24) is 14.8 Å². The van der Waals surface area contributed by atoms with Gasteiger partial charge in [0.25, 0.3) is 11.8 Å². The van der Waals surface area contributed by atoms with Crippen LogP contribution >= 0.6 is 0 Å². The van der Waals surface area contributed by atoms with Crippen molar-refractivity contribution in [2.75, 3.05) is 4.90 Å². The van der Waals surface area contributed by atoms with E-state index in [0.717, 1.165) is 11.1 Å². The number of aromatic nitrogens is 3. The minimum absolute atomic E-state index is 0.327. The third-order valence-corrected chi connectivity index (χ3v) is 5.78. The molecule has 0 fully saturated rings. The van der Waals surface area contributed by atoms with Gasteiger partial charge in [-0.3, -0.25) is 9.59 Å². The van der Waals surface area contributed by atoms with Gasteiger partial charge in [-0.2, -0.15) is 5.10 Å². The Hall–Kier alpha value is -3.80. The summed E-state index contributed by atoms with van der Waals surface area (Å²) >= 11 is 0. The highest BCUT2D eigenvalue weighted by molar-refractivity contribution is 6.37. The topological polar surface area (TPSA) is 68.1 Å². The van der Waals surface area contributed by atoms with Gasteiger partial charge in [-0.1, -0.05) is 56.3 Å². The summed E-state index contributed by atoms with van der Waals surface area (Å²) in [5.74, 6) is -0.299. The lowest BCUT2D eigenvalue weighted by Gasteiger charge is -2.15. The van der Waals surface area contributed by atoms with E-state index in [1.807, 2.05) is 61.5 Å². The van der Waals surface area contributed by atoms with Crippen LogP contribution in [0.4, 0.5) is 5.69 Å². The van der Waals surface area contributed by atoms with Gasteiger partial charge >= 0.3 is 0 Å². The molecule has 3 heterocycles. The number of carbonyl (C=O) groups is 2. The molecule has 6 heteroatoms. The first kappa shape index (κ1) is 19.2. The largest absolute Gasteiger partial charge is 0.268 e. The van der Waals surface area contributed by atoms with Crippen molar-refractivity contribution < 1.29 is 9.59 Å². The molecule has 0 aliphatic carbocycles. The molecule has 0 unspecified atom stereocenters. The molecule has 6 nitrogen and oxygen atoms in total. The van der Waals surface area contributed by atoms with Crippen LogP contribution in [0, 0.1) is 6.92 Å². The van der Waals surface area contributed by atoms with Crippen LogP contribution < -0.4 is 4.90 Å². The Morgan fingerprint density at radius 2 is 1.65 bits per heavy atom. The van der Waals surface area contributed by atoms with Crippen molar-refractivity contribution in [1.29, 1.82) is 0 Å². The number of nitrogens with zero attached hydrogens (tertiary/aromatic N) is 4. The predicted octanol–water partition coefficient (Wildman–Crippen LogP) is 4.71. The second-order valence-electron chi connectivity index (χ2n) is 8.17. The van der Waals surface area contributed by atoms with Gasteiger partial charge in [0.1, 0.15) is 0 Å². The third kappa shape index (κ3) is 3.03. The number of fused-ring (bicyclic) bond motifs is 3. The monoisotopic (exact) mass is 410 g/mol. The number of rotatable bonds is 4. The lowest BCUT2D eigenvalue weighted by atomic mass is 10.0. The first-order valence-corrected chi connectivity index (χ1v) is 10.3. The summed E-state index contributed by atoms with van der Waals surface area (Å²) in [4.78, 5) is 32.3. The lowest BCUT2D eigenvalue weighted by Crippen LogP contribution is -2.29. The zero-order valence-electron chi connectivity index (χ0n) is 17.7. The Morgan fingerprint density at radius 3 is 2.32 bits per heavy atom. The number of imide groups is 1. The minimum atomic E-state index is -0.345. The molecule has 2 amide bonds. The maximum absolute atomic E-state index is 13.4. The number of carbonyl (C=O) groups excluding carboxylic acids is 2. The summed E-state index contributed by atoms with van der Waals surface area (Å²) in [6.45, 7) is 6.60. The fourth-order valence-corrected chi connectivity index (χ4v) is 4.14. The van der Waals surface area contributed by atoms with E-state index in [1.165, 1.54) is 11.1 Å². The van der Waals surface area contributed by atoms with Gasteiger partial charge in [0.15, 0.2) is 5.65 Å². The fraction of sp³-hybridized carbons (Fsp3) is 0.200. The molecule has 154 valence electrons. The number of benzene rings is 2. The molecule has 0 N–H and O–H groups in total. The first-order chi connectivity index (χ1) is 15.0. The molecule has 5 rings (SSSR count). The number of hydrogen-bond donors (Lipinski definition) is 0. The highest BCUT2D eigenvalue weighted by Gasteiger charge is 2.39. The summed E-state index contributed by atoms with van der Waals surface area (Å²) < 4.78 is 1.79. The van der Waals surface area contributed by atoms with Crippen molar-refractivity contribution in [3.8, 4) is 0 Å². The Labute approximate surface area is 180 Å². The standard InChI is InChI=1S/C25H22N4O2/c1-15(2)18-9-11-19(12-10-18)29-24(30)20-13-26-23-21(22(20)25(29)31)16(3)27-28(23)14-17-7-5-4-6-8-17/h4-13,15H,14H2,1-3H3. The SMILES string of the molecule is Cc1nn(Cc2ccccc2)c2ncc3c(c12)C(=O)N(c1ccc(C(C)C)cc1)C3=O. The van der Waals surface area contributed by atoms with Crippen LogP contribution in [0.15, 0.2) is 60.8 Å². The normalized spacial score (nSPS) is 13.5. The van der Waals surface area contributed by atoms with E-state index in [1.54, 1.807) is 4.68 Å². The molecule has 0 saturated heterocycles. The second kappa shape index (κ2) is 7.16. The van der Waals surface area contributed by atoms with E-state index < -0.39 is 0 Å². The fourth-order valence-electron chi connectivity index (χ4n) is 4.14. The van der Waals surface area contributed by atoms with Gasteiger partial charge < -0.3 is 0 Å². The van der Waals surface area contributed by atoms with Gasteiger partial charge in [-0.25, -0.2) is 14.6 Å². The van der Waals surface area contributed by atoms with E-state index in [2.05, 4.69) is 23.9 Å². The smallest absolute Gasteiger partial charge is 0.267 e. The first-order valence-electron chi connectivity index (χ1n) is 10.3. The Kier molecular flexibility index (Phi) is 4.43. The molecule has 1 aliphatic heterocycles. The molecule has 1 aliphatic rings. The van der Waals surface area contributed by atoms with Crippen LogP contribution in [0.5, 0.6) is 0 Å². The molecule has 31 heavy (non-hydrogen) atoms. The van der Waals surface area contributed by atoms with Crippen molar-refractivity contribution in [2.24, 2.45) is 0 Å². The zero-order chi connectivity index (χ0) is 21.7. The average molecular weight is 410 g/mol. The molecular weight excluding hydrogens is 388 g/mol. The van der Waals surface area contributed by atoms with Crippen molar-refractivity contribution in [3.63, 3.8) is 0 Å². The summed E-state index contributed by atoms with van der Waals surface area (Å²) in [6.07, 6.45) is 1.50. The second-order valence-corrected chi connectivity index (χ2v) is 8.17. The van der Waals surface area contributed by atoms with Crippen LogP contribution in [-0.2, 0) is 6.54 Å². The maximum Gasteiger partial charge on any atom is 0.267 e. The molecule has 2 aromatic heterocycles. The number of aryl methyl sites for hydroxylation is 1. The van der Waals surface area contributed by atoms with Crippen molar-refractivity contribution >= 4 is 28.5 Å². The van der Waals surface area contributed by atoms with Crippen molar-refractivity contribution in [3.05, 3.63) is 88.7 Å². The van der Waals surface area contributed by atoms with Crippen LogP contribution in [-0.4, -0.2) is 26.6 Å². The number of pyridine rings is 1. The zero-order valence-corrected chi connectivity index (χ0v) is 17.7. The number of hydrogen-bond acceptors (Lipinski definition) is 4. The van der Waals surface area contributed by atoms with Gasteiger partial charge in [0.05, 0.1) is 34.4 Å². The van der Waals surface area contributed by atoms with Gasteiger partial charge in [0.2, 0.25) is 0 Å². The molecule has 0 spiro atoms. The Morgan fingerprint density at radius 1 is 0.935 bits per heavy atom. The molecule has 0 radical (unpaired) electrons. The lowest BCUT2D eigenvalue weighted by molar-refractivity contribution is 0.0926. The van der Waals surface area contributed by atoms with E-state index >= 15 is 0 Å². The summed E-state index contributed by atoms with van der Waals surface area (Å²) in [5, 5.41) is 5.27. The van der Waals surface area contributed by atoms with E-state index in [-0.39, 0.29) is 11.8 Å². The molecule has 2 aromatic carbocycles. The number of anilines is 1. The van der Waals surface area contributed by atoms with Crippen molar-refractivity contribution in [2.45, 2.75) is 33.2 Å². The van der Waals surface area contributed by atoms with Gasteiger partial charge in [0, 0.05) is 6.20 Å². The highest BCUT2D eigenvalue weighted by atomic mass is 16.2. The summed E-state index contributed by atoms with van der Waals surface area (Å²) in [7, 11) is 0. The van der Waals surface area contributed by atoms with Crippen LogP contribution in [0.3, 0.4) is 0 Å². The Balaban J connectivity index is 1.59. The predicted molar refractivity (Wildman–Crippen MR) is 119 cm³/mol. The van der Waals surface area contributed by atoms with E-state index in [0.29, 0.717) is 46.0 Å². The van der Waals surface area contributed by atoms with Crippen LogP contribution in [0.1, 0.15) is 57.3 Å². The van der Waals surface area contributed by atoms with Crippen LogP contribution in [0.2, 0.25) is 0 Å². The third-order valence-electron chi connectivity index (χ3n) is 5.78. The van der Waals surface area contributed by atoms with Gasteiger partial charge in [-0.05, 0) is 36.1 Å². The van der Waals surface area contributed by atoms with E-state index in [9.17, 15) is 9.59 Å². The molecule has 0 bridgehead atoms. The summed E-state index contributed by atoms with van der Waals surface area (Å²) in [6, 6.07) is 17.5. The van der Waals surface area contributed by atoms with Crippen LogP contribution in [0.25, 0.3) is 11.0 Å².